The van der Waals surface area contributed by atoms with E-state index < -0.39 is 5.41 Å². The number of thioether (sulfide) groups is 1. The molecule has 4 aromatic rings. The maximum Gasteiger partial charge on any atom is 0.220 e. The van der Waals surface area contributed by atoms with E-state index in [0.29, 0.717) is 42.0 Å². The van der Waals surface area contributed by atoms with E-state index in [0.717, 1.165) is 87.6 Å². The van der Waals surface area contributed by atoms with E-state index in [1.165, 1.54) is 17.3 Å². The summed E-state index contributed by atoms with van der Waals surface area (Å²) in [6.45, 7) is 17.0. The molecule has 1 aliphatic carbocycles. The third-order valence-corrected chi connectivity index (χ3v) is 13.7. The molecular formula is C48H51N7O2S2. The molecule has 0 fully saturated rings. The number of hydrogen-bond acceptors (Lipinski definition) is 8. The highest BCUT2D eigenvalue weighted by molar-refractivity contribution is 7.99. The summed E-state index contributed by atoms with van der Waals surface area (Å²) in [7, 11) is 0. The number of anilines is 1. The molecule has 2 aliphatic heterocycles. The molecular weight excluding hydrogens is 771 g/mol. The minimum Gasteiger partial charge on any atom is -0.762 e. The Morgan fingerprint density at radius 2 is 1.73 bits per heavy atom. The van der Waals surface area contributed by atoms with Gasteiger partial charge in [0.25, 0.3) is 0 Å². The Hall–Kier alpha value is -5.40. The summed E-state index contributed by atoms with van der Waals surface area (Å²) in [6.07, 6.45) is 7.87. The molecule has 0 saturated heterocycles. The van der Waals surface area contributed by atoms with Crippen LogP contribution in [-0.4, -0.2) is 62.0 Å². The molecule has 302 valence electrons. The van der Waals surface area contributed by atoms with Crippen molar-refractivity contribution >= 4 is 69.2 Å². The van der Waals surface area contributed by atoms with Gasteiger partial charge in [0.05, 0.1) is 22.7 Å². The van der Waals surface area contributed by atoms with Crippen LogP contribution in [0.15, 0.2) is 99.6 Å². The first kappa shape index (κ1) is 41.7. The molecule has 0 atom stereocenters. The third-order valence-electron chi connectivity index (χ3n) is 12.0. The van der Waals surface area contributed by atoms with Gasteiger partial charge in [-0.3, -0.25) is 9.59 Å². The van der Waals surface area contributed by atoms with Crippen molar-refractivity contribution in [2.75, 3.05) is 30.3 Å². The van der Waals surface area contributed by atoms with Gasteiger partial charge in [0, 0.05) is 87.8 Å². The molecule has 3 heterocycles. The maximum atomic E-state index is 14.4. The highest BCUT2D eigenvalue weighted by Crippen LogP contribution is 2.50. The van der Waals surface area contributed by atoms with Crippen molar-refractivity contribution < 1.29 is 14.2 Å². The fraction of sp³-hybridized carbons (Fsp3) is 0.375. The minimum atomic E-state index is -0.446. The number of unbranched alkanes of at least 4 members (excludes halogenated alkanes) is 2. The first-order valence-corrected chi connectivity index (χ1v) is 22.2. The molecule has 3 aliphatic rings. The molecule has 3 aromatic carbocycles. The standard InChI is InChI=1S/C48H51N7O2S2/c1-8-9-22-54-37-18-12-10-16-35(37)47(4,5)40(54)26-33-43(32(28-49)29-50)34(46(33)57)27-41-48(6,7)36-17-11-13-19-38(36)55(41)23-15-14-21-51-42(56)20-24-58-39-25-30(2)44-45(31(39)3)53-59-52-44/h10-13,16-19,25-27H,8-9,14-15,20-24H2,1-7H3,(H,51,56). The first-order valence-electron chi connectivity index (χ1n) is 20.5. The Morgan fingerprint density at radius 1 is 1.00 bits per heavy atom. The van der Waals surface area contributed by atoms with Gasteiger partial charge >= 0.3 is 0 Å². The first-order chi connectivity index (χ1) is 28.3. The molecule has 0 saturated carbocycles. The number of nitrogens with one attached hydrogen (secondary N) is 1. The van der Waals surface area contributed by atoms with Gasteiger partial charge in [-0.1, -0.05) is 63.6 Å². The van der Waals surface area contributed by atoms with Gasteiger partial charge in [0.15, 0.2) is 11.5 Å². The molecule has 11 heteroatoms. The average molecular weight is 822 g/mol. The molecule has 0 unspecified atom stereocenters. The maximum absolute atomic E-state index is 14.4. The molecule has 0 radical (unpaired) electrons. The van der Waals surface area contributed by atoms with Crippen LogP contribution in [0.3, 0.4) is 0 Å². The van der Waals surface area contributed by atoms with Gasteiger partial charge < -0.3 is 15.6 Å². The lowest BCUT2D eigenvalue weighted by molar-refractivity contribution is -0.438. The van der Waals surface area contributed by atoms with Crippen molar-refractivity contribution in [2.45, 2.75) is 96.3 Å². The Balaban J connectivity index is 1.10. The zero-order valence-electron chi connectivity index (χ0n) is 35.0. The van der Waals surface area contributed by atoms with Gasteiger partial charge in [-0.15, -0.1) is 11.8 Å². The number of amides is 1. The van der Waals surface area contributed by atoms with Crippen LogP contribution in [0.4, 0.5) is 11.4 Å². The van der Waals surface area contributed by atoms with Crippen LogP contribution in [0.1, 0.15) is 89.0 Å². The molecule has 1 aromatic heterocycles. The van der Waals surface area contributed by atoms with E-state index in [4.69, 9.17) is 0 Å². The van der Waals surface area contributed by atoms with Crippen LogP contribution < -0.4 is 10.2 Å². The van der Waals surface area contributed by atoms with Crippen LogP contribution in [0.5, 0.6) is 0 Å². The molecule has 1 N–H and O–H groups in total. The van der Waals surface area contributed by atoms with Crippen molar-refractivity contribution in [3.63, 3.8) is 0 Å². The topological polar surface area (TPSA) is 124 Å². The Bertz CT molecular complexity index is 2590. The molecule has 0 bridgehead atoms. The van der Waals surface area contributed by atoms with Crippen molar-refractivity contribution in [2.24, 2.45) is 0 Å². The SMILES string of the molecule is CCCCN1/C(=C/C2=C(C(=C=[N-])C#N)C(=C\C3=[N+](CCCCNC(=O)CCSc4cc(C)c5nsnc5c4C)c4ccccc4C3(C)C)/C2=O)C(C)(C)c2ccccc21. The normalized spacial score (nSPS) is 17.7. The summed E-state index contributed by atoms with van der Waals surface area (Å²) >= 11 is 2.91. The molecule has 1 amide bonds. The van der Waals surface area contributed by atoms with Crippen LogP contribution >= 0.6 is 23.5 Å². The molecule has 0 spiro atoms. The summed E-state index contributed by atoms with van der Waals surface area (Å²) in [4.78, 5) is 30.6. The van der Waals surface area contributed by atoms with E-state index in [2.05, 4.69) is 107 Å². The second-order valence-corrected chi connectivity index (χ2v) is 18.2. The molecule has 59 heavy (non-hydrogen) atoms. The van der Waals surface area contributed by atoms with Crippen molar-refractivity contribution in [1.29, 1.82) is 5.26 Å². The van der Waals surface area contributed by atoms with Gasteiger partial charge in [0.2, 0.25) is 11.6 Å². The Labute approximate surface area is 356 Å². The number of Topliss-reactive ketones (excluding diaryl/α,β-unsaturated/α-hetero) is 1. The lowest BCUT2D eigenvalue weighted by Gasteiger charge is -2.30. The average Bonchev–Trinajstić information content (AvgIpc) is 3.87. The smallest absolute Gasteiger partial charge is 0.220 e. The van der Waals surface area contributed by atoms with Crippen LogP contribution in [-0.2, 0) is 20.4 Å². The quantitative estimate of drug-likeness (QED) is 0.0316. The van der Waals surface area contributed by atoms with Crippen molar-refractivity contribution in [3.8, 4) is 6.07 Å². The number of rotatable bonds is 15. The van der Waals surface area contributed by atoms with E-state index in [1.54, 1.807) is 11.8 Å². The van der Waals surface area contributed by atoms with Crippen molar-refractivity contribution in [3.05, 3.63) is 122 Å². The van der Waals surface area contributed by atoms with Gasteiger partial charge in [-0.25, -0.2) is 5.87 Å². The number of carbonyl (C=O) groups excluding carboxylic acids is 2. The predicted octanol–water partition coefficient (Wildman–Crippen LogP) is 9.74. The van der Waals surface area contributed by atoms with E-state index in [9.17, 15) is 20.3 Å². The van der Waals surface area contributed by atoms with Gasteiger partial charge in [-0.2, -0.15) is 18.6 Å². The summed E-state index contributed by atoms with van der Waals surface area (Å²) in [5.41, 5.74) is 10.9. The fourth-order valence-corrected chi connectivity index (χ4v) is 10.4. The Kier molecular flexibility index (Phi) is 12.1. The zero-order chi connectivity index (χ0) is 42.1. The molecule has 7 rings (SSSR count). The highest BCUT2D eigenvalue weighted by atomic mass is 32.2. The number of carbonyl (C=O) groups is 2. The van der Waals surface area contributed by atoms with E-state index >= 15 is 0 Å². The molecule has 9 nitrogen and oxygen atoms in total. The number of hydrogen-bond donors (Lipinski definition) is 1. The zero-order valence-corrected chi connectivity index (χ0v) is 36.7. The number of nitriles is 1. The number of benzene rings is 3. The summed E-state index contributed by atoms with van der Waals surface area (Å²) < 4.78 is 11.1. The van der Waals surface area contributed by atoms with Crippen LogP contribution in [0.2, 0.25) is 0 Å². The third kappa shape index (κ3) is 7.66. The largest absolute Gasteiger partial charge is 0.762 e. The summed E-state index contributed by atoms with van der Waals surface area (Å²) in [5.74, 6) is 2.65. The lowest BCUT2D eigenvalue weighted by Crippen LogP contribution is -2.33. The highest BCUT2D eigenvalue weighted by Gasteiger charge is 2.47. The lowest BCUT2D eigenvalue weighted by atomic mass is 9.73. The van der Waals surface area contributed by atoms with E-state index in [1.807, 2.05) is 43.3 Å². The second kappa shape index (κ2) is 17.1. The van der Waals surface area contributed by atoms with Crippen molar-refractivity contribution in [1.82, 2.24) is 14.1 Å². The van der Waals surface area contributed by atoms with Crippen LogP contribution in [0, 0.1) is 25.2 Å². The van der Waals surface area contributed by atoms with Crippen LogP contribution in [0.25, 0.3) is 16.4 Å². The van der Waals surface area contributed by atoms with E-state index in [-0.39, 0.29) is 22.7 Å². The summed E-state index contributed by atoms with van der Waals surface area (Å²) in [5, 5.41) is 23.5. The van der Waals surface area contributed by atoms with Gasteiger partial charge in [-0.05, 0) is 75.4 Å². The van der Waals surface area contributed by atoms with Gasteiger partial charge in [0.1, 0.15) is 23.6 Å². The Morgan fingerprint density at radius 3 is 2.47 bits per heavy atom. The second-order valence-electron chi connectivity index (χ2n) is 16.6. The number of nitrogens with zero attached hydrogens (tertiary/aromatic N) is 6. The monoisotopic (exact) mass is 821 g/mol. The number of aromatic nitrogens is 2. The summed E-state index contributed by atoms with van der Waals surface area (Å²) in [6, 6.07) is 20.9. The number of ketones is 1. The number of aryl methyl sites for hydroxylation is 2. The predicted molar refractivity (Wildman–Crippen MR) is 241 cm³/mol. The minimum absolute atomic E-state index is 0.0295. The fourth-order valence-electron chi connectivity index (χ4n) is 8.71. The number of para-hydroxylation sites is 2. The number of fused-ring (bicyclic) bond motifs is 3. The number of allylic oxidation sites excluding steroid dienone is 7.